The van der Waals surface area contributed by atoms with Gasteiger partial charge in [0.1, 0.15) is 0 Å². The molecular formula is C18H24N2O2. The van der Waals surface area contributed by atoms with Crippen molar-refractivity contribution in [3.8, 4) is 0 Å². The molecule has 0 fully saturated rings. The van der Waals surface area contributed by atoms with E-state index in [9.17, 15) is 9.59 Å². The Morgan fingerprint density at radius 3 is 2.14 bits per heavy atom. The standard InChI is InChI=1S/C18H24N2O2/c1-17(2,3)15(21)19-13-8-7-12-9-10-20(14(12)11-13)16(22)18(4,5)6/h7-11H,1-6H3,(H,19,21). The van der Waals surface area contributed by atoms with Crippen molar-refractivity contribution in [2.75, 3.05) is 5.32 Å². The summed E-state index contributed by atoms with van der Waals surface area (Å²) in [7, 11) is 0. The molecule has 4 nitrogen and oxygen atoms in total. The molecule has 0 radical (unpaired) electrons. The number of carbonyl (C=O) groups is 2. The number of amides is 1. The van der Waals surface area contributed by atoms with Crippen LogP contribution in [-0.2, 0) is 4.79 Å². The van der Waals surface area contributed by atoms with Gasteiger partial charge in [0.05, 0.1) is 5.52 Å². The summed E-state index contributed by atoms with van der Waals surface area (Å²) in [6.45, 7) is 11.3. The Bertz CT molecular complexity index is 728. The third kappa shape index (κ3) is 3.21. The van der Waals surface area contributed by atoms with Gasteiger partial charge in [0.15, 0.2) is 0 Å². The molecule has 0 aliphatic carbocycles. The van der Waals surface area contributed by atoms with E-state index in [0.717, 1.165) is 10.9 Å². The van der Waals surface area contributed by atoms with Crippen LogP contribution in [0.25, 0.3) is 10.9 Å². The highest BCUT2D eigenvalue weighted by atomic mass is 16.2. The van der Waals surface area contributed by atoms with Crippen LogP contribution < -0.4 is 5.32 Å². The Morgan fingerprint density at radius 2 is 1.59 bits per heavy atom. The predicted octanol–water partition coefficient (Wildman–Crippen LogP) is 4.31. The van der Waals surface area contributed by atoms with Gasteiger partial charge in [-0.25, -0.2) is 0 Å². The van der Waals surface area contributed by atoms with E-state index in [4.69, 9.17) is 0 Å². The first-order valence-corrected chi connectivity index (χ1v) is 7.47. The van der Waals surface area contributed by atoms with Crippen LogP contribution in [0.1, 0.15) is 46.3 Å². The number of nitrogens with zero attached hydrogens (tertiary/aromatic N) is 1. The Labute approximate surface area is 131 Å². The van der Waals surface area contributed by atoms with Crippen LogP contribution in [-0.4, -0.2) is 16.4 Å². The van der Waals surface area contributed by atoms with Crippen LogP contribution in [0.2, 0.25) is 0 Å². The van der Waals surface area contributed by atoms with Gasteiger partial charge in [0, 0.05) is 28.1 Å². The highest BCUT2D eigenvalue weighted by Crippen LogP contribution is 2.26. The van der Waals surface area contributed by atoms with Crippen molar-refractivity contribution in [2.24, 2.45) is 10.8 Å². The highest BCUT2D eigenvalue weighted by Gasteiger charge is 2.25. The van der Waals surface area contributed by atoms with E-state index in [0.29, 0.717) is 5.69 Å². The lowest BCUT2D eigenvalue weighted by Crippen LogP contribution is -2.28. The van der Waals surface area contributed by atoms with Gasteiger partial charge in [-0.1, -0.05) is 47.6 Å². The van der Waals surface area contributed by atoms with E-state index in [1.165, 1.54) is 0 Å². The fourth-order valence-electron chi connectivity index (χ4n) is 2.06. The van der Waals surface area contributed by atoms with Gasteiger partial charge in [-0.05, 0) is 18.2 Å². The number of fused-ring (bicyclic) bond motifs is 1. The summed E-state index contributed by atoms with van der Waals surface area (Å²) >= 11 is 0. The van der Waals surface area contributed by atoms with Gasteiger partial charge < -0.3 is 5.32 Å². The molecule has 0 aliphatic heterocycles. The molecule has 1 N–H and O–H groups in total. The molecule has 0 saturated heterocycles. The smallest absolute Gasteiger partial charge is 0.236 e. The Balaban J connectivity index is 2.42. The van der Waals surface area contributed by atoms with Crippen LogP contribution in [0.15, 0.2) is 30.5 Å². The molecule has 22 heavy (non-hydrogen) atoms. The van der Waals surface area contributed by atoms with E-state index in [-0.39, 0.29) is 11.8 Å². The summed E-state index contributed by atoms with van der Waals surface area (Å²) < 4.78 is 1.65. The van der Waals surface area contributed by atoms with Crippen LogP contribution in [0.3, 0.4) is 0 Å². The minimum atomic E-state index is -0.462. The highest BCUT2D eigenvalue weighted by molar-refractivity contribution is 5.99. The van der Waals surface area contributed by atoms with Gasteiger partial charge in [-0.3, -0.25) is 14.2 Å². The van der Waals surface area contributed by atoms with Gasteiger partial charge in [0.2, 0.25) is 11.8 Å². The molecule has 1 aromatic carbocycles. The van der Waals surface area contributed by atoms with Crippen molar-refractivity contribution in [1.29, 1.82) is 0 Å². The zero-order chi connectivity index (χ0) is 16.7. The van der Waals surface area contributed by atoms with E-state index >= 15 is 0 Å². The summed E-state index contributed by atoms with van der Waals surface area (Å²) in [5.41, 5.74) is 0.593. The Kier molecular flexibility index (Phi) is 3.90. The first kappa shape index (κ1) is 16.3. The molecule has 4 heteroatoms. The molecule has 0 saturated carbocycles. The number of rotatable bonds is 1. The average Bonchev–Trinajstić information content (AvgIpc) is 2.78. The molecule has 0 atom stereocenters. The molecule has 1 aromatic heterocycles. The molecule has 0 aliphatic rings. The number of hydrogen-bond acceptors (Lipinski definition) is 2. The van der Waals surface area contributed by atoms with E-state index in [2.05, 4.69) is 5.32 Å². The fourth-order valence-corrected chi connectivity index (χ4v) is 2.06. The molecule has 118 valence electrons. The average molecular weight is 300 g/mol. The zero-order valence-electron chi connectivity index (χ0n) is 14.2. The molecular weight excluding hydrogens is 276 g/mol. The summed E-state index contributed by atoms with van der Waals surface area (Å²) in [5, 5.41) is 3.88. The van der Waals surface area contributed by atoms with Crippen LogP contribution >= 0.6 is 0 Å². The first-order chi connectivity index (χ1) is 10.00. The molecule has 1 heterocycles. The second-order valence-corrected chi connectivity index (χ2v) is 7.72. The molecule has 2 rings (SSSR count). The van der Waals surface area contributed by atoms with Gasteiger partial charge in [-0.15, -0.1) is 0 Å². The monoisotopic (exact) mass is 300 g/mol. The van der Waals surface area contributed by atoms with Crippen molar-refractivity contribution in [2.45, 2.75) is 41.5 Å². The maximum Gasteiger partial charge on any atom is 0.236 e. The molecule has 0 unspecified atom stereocenters. The SMILES string of the molecule is CC(C)(C)C(=O)Nc1ccc2ccn(C(=O)C(C)(C)C)c2c1. The summed E-state index contributed by atoms with van der Waals surface area (Å²) in [6, 6.07) is 7.54. The normalized spacial score (nSPS) is 12.5. The van der Waals surface area contributed by atoms with Crippen molar-refractivity contribution >= 4 is 28.4 Å². The third-order valence-electron chi connectivity index (χ3n) is 3.49. The summed E-state index contributed by atoms with van der Waals surface area (Å²) in [5.74, 6) is -0.0195. The molecule has 0 bridgehead atoms. The van der Waals surface area contributed by atoms with Crippen molar-refractivity contribution in [3.63, 3.8) is 0 Å². The fraction of sp³-hybridized carbons (Fsp3) is 0.444. The van der Waals surface area contributed by atoms with Crippen molar-refractivity contribution < 1.29 is 9.59 Å². The van der Waals surface area contributed by atoms with E-state index in [1.54, 1.807) is 10.8 Å². The lowest BCUT2D eigenvalue weighted by molar-refractivity contribution is -0.123. The lowest BCUT2D eigenvalue weighted by atomic mass is 9.95. The van der Waals surface area contributed by atoms with Crippen LogP contribution in [0.5, 0.6) is 0 Å². The lowest BCUT2D eigenvalue weighted by Gasteiger charge is -2.19. The predicted molar refractivity (Wildman–Crippen MR) is 90.1 cm³/mol. The van der Waals surface area contributed by atoms with Crippen LogP contribution in [0, 0.1) is 10.8 Å². The largest absolute Gasteiger partial charge is 0.326 e. The number of carbonyl (C=O) groups excluding carboxylic acids is 2. The molecule has 0 spiro atoms. The Hall–Kier alpha value is -2.10. The van der Waals surface area contributed by atoms with Gasteiger partial charge >= 0.3 is 0 Å². The Morgan fingerprint density at radius 1 is 0.955 bits per heavy atom. The quantitative estimate of drug-likeness (QED) is 0.853. The number of benzene rings is 1. The summed E-state index contributed by atoms with van der Waals surface area (Å²) in [4.78, 5) is 24.6. The second-order valence-electron chi connectivity index (χ2n) is 7.72. The maximum absolute atomic E-state index is 12.5. The molecule has 2 aromatic rings. The number of nitrogens with one attached hydrogen (secondary N) is 1. The van der Waals surface area contributed by atoms with E-state index < -0.39 is 10.8 Å². The number of hydrogen-bond donors (Lipinski definition) is 1. The van der Waals surface area contributed by atoms with Crippen molar-refractivity contribution in [3.05, 3.63) is 30.5 Å². The minimum absolute atomic E-state index is 0.0294. The van der Waals surface area contributed by atoms with E-state index in [1.807, 2.05) is 65.8 Å². The van der Waals surface area contributed by atoms with Crippen molar-refractivity contribution in [1.82, 2.24) is 4.57 Å². The topological polar surface area (TPSA) is 51.1 Å². The number of aromatic nitrogens is 1. The van der Waals surface area contributed by atoms with Gasteiger partial charge in [0.25, 0.3) is 0 Å². The maximum atomic E-state index is 12.5. The summed E-state index contributed by atoms with van der Waals surface area (Å²) in [6.07, 6.45) is 1.79. The second kappa shape index (κ2) is 5.27. The zero-order valence-corrected chi connectivity index (χ0v) is 14.2. The van der Waals surface area contributed by atoms with Gasteiger partial charge in [-0.2, -0.15) is 0 Å². The first-order valence-electron chi connectivity index (χ1n) is 7.47. The molecule has 1 amide bonds. The number of anilines is 1. The third-order valence-corrected chi connectivity index (χ3v) is 3.49. The van der Waals surface area contributed by atoms with Crippen LogP contribution in [0.4, 0.5) is 5.69 Å². The minimum Gasteiger partial charge on any atom is -0.326 e.